The molecule has 4 rings (SSSR count). The highest BCUT2D eigenvalue weighted by atomic mass is 35.5. The van der Waals surface area contributed by atoms with E-state index in [-0.39, 0.29) is 28.4 Å². The molecule has 3 aromatic rings. The van der Waals surface area contributed by atoms with Gasteiger partial charge in [-0.05, 0) is 29.2 Å². The Balaban J connectivity index is 1.78. The van der Waals surface area contributed by atoms with Crippen LogP contribution in [0.5, 0.6) is 0 Å². The Morgan fingerprint density at radius 1 is 1.03 bits per heavy atom. The standard InChI is InChI=1S/C21H19Cl2NO3S2/c22-20-11-19(21(23)28-20)29(25,26)24-12-16-8-4-5-9-17(16)13-27-14-18(24)10-15-6-2-1-3-7-15/h1-9,11,18H,10,12-14H2. The molecule has 1 aromatic heterocycles. The molecule has 0 bridgehead atoms. The summed E-state index contributed by atoms with van der Waals surface area (Å²) in [5, 5.41) is 0. The summed E-state index contributed by atoms with van der Waals surface area (Å²) in [6.07, 6.45) is 0.539. The molecule has 0 amide bonds. The molecule has 1 atom stereocenters. The Kier molecular flexibility index (Phi) is 6.30. The molecule has 29 heavy (non-hydrogen) atoms. The van der Waals surface area contributed by atoms with E-state index in [1.165, 1.54) is 10.4 Å². The van der Waals surface area contributed by atoms with E-state index in [1.807, 2.05) is 54.6 Å². The summed E-state index contributed by atoms with van der Waals surface area (Å²) in [6, 6.07) is 18.6. The van der Waals surface area contributed by atoms with Crippen LogP contribution in [0.2, 0.25) is 8.67 Å². The van der Waals surface area contributed by atoms with Crippen LogP contribution in [0, 0.1) is 0 Å². The SMILES string of the molecule is O=S(=O)(c1cc(Cl)sc1Cl)N1Cc2ccccc2COCC1Cc1ccccc1. The third kappa shape index (κ3) is 4.53. The normalized spacial score (nSPS) is 18.1. The zero-order chi connectivity index (χ0) is 20.4. The first-order chi connectivity index (χ1) is 13.9. The van der Waals surface area contributed by atoms with Crippen molar-refractivity contribution in [3.05, 3.63) is 86.0 Å². The van der Waals surface area contributed by atoms with E-state index in [9.17, 15) is 8.42 Å². The number of fused-ring (bicyclic) bond motifs is 1. The van der Waals surface area contributed by atoms with Crippen LogP contribution in [-0.4, -0.2) is 25.4 Å². The summed E-state index contributed by atoms with van der Waals surface area (Å²) in [5.41, 5.74) is 2.95. The minimum absolute atomic E-state index is 0.0466. The predicted octanol–water partition coefficient (Wildman–Crippen LogP) is 5.39. The number of benzene rings is 2. The number of ether oxygens (including phenoxy) is 1. The van der Waals surface area contributed by atoms with Gasteiger partial charge in [-0.15, -0.1) is 11.3 Å². The quantitative estimate of drug-likeness (QED) is 0.516. The second-order valence-electron chi connectivity index (χ2n) is 6.87. The van der Waals surface area contributed by atoms with E-state index in [1.54, 1.807) is 0 Å². The first-order valence-corrected chi connectivity index (χ1v) is 12.1. The van der Waals surface area contributed by atoms with Crippen molar-refractivity contribution in [2.45, 2.75) is 30.5 Å². The smallest absolute Gasteiger partial charge is 0.246 e. The molecular weight excluding hydrogens is 449 g/mol. The Morgan fingerprint density at radius 3 is 2.41 bits per heavy atom. The molecule has 4 nitrogen and oxygen atoms in total. The molecule has 0 spiro atoms. The molecule has 152 valence electrons. The van der Waals surface area contributed by atoms with E-state index in [4.69, 9.17) is 27.9 Å². The maximum absolute atomic E-state index is 13.6. The van der Waals surface area contributed by atoms with Gasteiger partial charge in [0.15, 0.2) is 0 Å². The van der Waals surface area contributed by atoms with E-state index in [0.717, 1.165) is 28.0 Å². The van der Waals surface area contributed by atoms with E-state index in [2.05, 4.69) is 0 Å². The van der Waals surface area contributed by atoms with Crippen LogP contribution in [-0.2, 0) is 34.3 Å². The molecule has 0 aliphatic carbocycles. The number of thiophene rings is 1. The van der Waals surface area contributed by atoms with Gasteiger partial charge < -0.3 is 4.74 Å². The lowest BCUT2D eigenvalue weighted by atomic mass is 10.0. The van der Waals surface area contributed by atoms with Crippen molar-refractivity contribution < 1.29 is 13.2 Å². The second-order valence-corrected chi connectivity index (χ2v) is 11.0. The molecule has 0 N–H and O–H groups in total. The maximum atomic E-state index is 13.6. The van der Waals surface area contributed by atoms with Crippen LogP contribution in [0.25, 0.3) is 0 Å². The van der Waals surface area contributed by atoms with Gasteiger partial charge in [-0.3, -0.25) is 0 Å². The summed E-state index contributed by atoms with van der Waals surface area (Å²) < 4.78 is 35.2. The average molecular weight is 468 g/mol. The lowest BCUT2D eigenvalue weighted by Crippen LogP contribution is -2.44. The Bertz CT molecular complexity index is 1100. The Morgan fingerprint density at radius 2 is 1.72 bits per heavy atom. The predicted molar refractivity (Wildman–Crippen MR) is 117 cm³/mol. The molecule has 8 heteroatoms. The van der Waals surface area contributed by atoms with E-state index >= 15 is 0 Å². The van der Waals surface area contributed by atoms with Crippen molar-refractivity contribution in [2.24, 2.45) is 0 Å². The molecule has 1 aliphatic rings. The number of hydrogen-bond acceptors (Lipinski definition) is 4. The Hall–Kier alpha value is -1.41. The van der Waals surface area contributed by atoms with Gasteiger partial charge >= 0.3 is 0 Å². The molecule has 1 unspecified atom stereocenters. The van der Waals surface area contributed by atoms with Crippen molar-refractivity contribution in [3.8, 4) is 0 Å². The van der Waals surface area contributed by atoms with Crippen molar-refractivity contribution in [3.63, 3.8) is 0 Å². The highest BCUT2D eigenvalue weighted by Gasteiger charge is 2.35. The number of sulfonamides is 1. The molecule has 2 aromatic carbocycles. The molecular formula is C21H19Cl2NO3S2. The van der Waals surface area contributed by atoms with E-state index < -0.39 is 10.0 Å². The molecule has 0 saturated carbocycles. The van der Waals surface area contributed by atoms with Crippen LogP contribution in [0.3, 0.4) is 0 Å². The van der Waals surface area contributed by atoms with Crippen LogP contribution >= 0.6 is 34.5 Å². The minimum atomic E-state index is -3.88. The highest BCUT2D eigenvalue weighted by Crippen LogP contribution is 2.37. The highest BCUT2D eigenvalue weighted by molar-refractivity contribution is 7.89. The van der Waals surface area contributed by atoms with Crippen molar-refractivity contribution in [1.29, 1.82) is 0 Å². The monoisotopic (exact) mass is 467 g/mol. The first-order valence-electron chi connectivity index (χ1n) is 9.10. The summed E-state index contributed by atoms with van der Waals surface area (Å²) >= 11 is 13.3. The van der Waals surface area contributed by atoms with Gasteiger partial charge in [0.1, 0.15) is 9.23 Å². The lowest BCUT2D eigenvalue weighted by molar-refractivity contribution is 0.0674. The van der Waals surface area contributed by atoms with E-state index in [0.29, 0.717) is 17.4 Å². The summed E-state index contributed by atoms with van der Waals surface area (Å²) in [4.78, 5) is 0.0466. The first kappa shape index (κ1) is 20.8. The topological polar surface area (TPSA) is 46.6 Å². The summed E-state index contributed by atoms with van der Waals surface area (Å²) in [5.74, 6) is 0. The summed E-state index contributed by atoms with van der Waals surface area (Å²) in [7, 11) is -3.88. The molecule has 0 radical (unpaired) electrons. The zero-order valence-corrected chi connectivity index (χ0v) is 18.6. The number of halogens is 2. The van der Waals surface area contributed by atoms with Crippen LogP contribution in [0.1, 0.15) is 16.7 Å². The maximum Gasteiger partial charge on any atom is 0.246 e. The molecule has 1 aliphatic heterocycles. The van der Waals surface area contributed by atoms with Gasteiger partial charge in [-0.1, -0.05) is 77.8 Å². The van der Waals surface area contributed by atoms with Crippen molar-refractivity contribution >= 4 is 44.6 Å². The molecule has 0 saturated heterocycles. The van der Waals surface area contributed by atoms with Gasteiger partial charge in [0.05, 0.1) is 23.6 Å². The Labute approximate surface area is 184 Å². The summed E-state index contributed by atoms with van der Waals surface area (Å²) in [6.45, 7) is 1.00. The second kappa shape index (κ2) is 8.76. The van der Waals surface area contributed by atoms with Gasteiger partial charge in [-0.2, -0.15) is 4.31 Å². The average Bonchev–Trinajstić information content (AvgIpc) is 3.04. The number of hydrogen-bond donors (Lipinski definition) is 0. The van der Waals surface area contributed by atoms with Crippen LogP contribution in [0.4, 0.5) is 0 Å². The van der Waals surface area contributed by atoms with Gasteiger partial charge in [0.2, 0.25) is 10.0 Å². The van der Waals surface area contributed by atoms with Gasteiger partial charge in [0.25, 0.3) is 0 Å². The zero-order valence-electron chi connectivity index (χ0n) is 15.4. The minimum Gasteiger partial charge on any atom is -0.375 e. The lowest BCUT2D eigenvalue weighted by Gasteiger charge is -2.33. The largest absolute Gasteiger partial charge is 0.375 e. The fraction of sp³-hybridized carbons (Fsp3) is 0.238. The fourth-order valence-corrected chi connectivity index (χ4v) is 7.20. The third-order valence-corrected chi connectivity index (χ3v) is 8.60. The number of nitrogens with zero attached hydrogens (tertiary/aromatic N) is 1. The molecule has 2 heterocycles. The fourth-order valence-electron chi connectivity index (χ4n) is 3.49. The molecule has 0 fully saturated rings. The van der Waals surface area contributed by atoms with Gasteiger partial charge in [0, 0.05) is 6.54 Å². The van der Waals surface area contributed by atoms with Crippen molar-refractivity contribution in [2.75, 3.05) is 6.61 Å². The van der Waals surface area contributed by atoms with Crippen LogP contribution in [0.15, 0.2) is 65.6 Å². The third-order valence-electron chi connectivity index (χ3n) is 4.95. The van der Waals surface area contributed by atoms with Crippen LogP contribution < -0.4 is 0 Å². The van der Waals surface area contributed by atoms with Crippen molar-refractivity contribution in [1.82, 2.24) is 4.31 Å². The van der Waals surface area contributed by atoms with Gasteiger partial charge in [-0.25, -0.2) is 8.42 Å². The number of rotatable bonds is 4.